The van der Waals surface area contributed by atoms with Gasteiger partial charge in [-0.15, -0.1) is 0 Å². The molecule has 2 aromatic rings. The number of nitrogens with zero attached hydrogens (tertiary/aromatic N) is 2. The van der Waals surface area contributed by atoms with Crippen molar-refractivity contribution in [1.29, 1.82) is 0 Å². The maximum absolute atomic E-state index is 11.9. The van der Waals surface area contributed by atoms with Crippen molar-refractivity contribution < 1.29 is 4.79 Å². The largest absolute Gasteiger partial charge is 0.398 e. The van der Waals surface area contributed by atoms with Gasteiger partial charge in [0.05, 0.1) is 0 Å². The number of anilines is 2. The zero-order chi connectivity index (χ0) is 12.4. The summed E-state index contributed by atoms with van der Waals surface area (Å²) in [5, 5.41) is 6.72. The van der Waals surface area contributed by atoms with Crippen molar-refractivity contribution in [1.82, 2.24) is 9.78 Å². The summed E-state index contributed by atoms with van der Waals surface area (Å²) in [5.74, 6) is -0.201. The van der Waals surface area contributed by atoms with E-state index >= 15 is 0 Å². The van der Waals surface area contributed by atoms with E-state index < -0.39 is 0 Å². The number of aryl methyl sites for hydroxylation is 2. The lowest BCUT2D eigenvalue weighted by molar-refractivity contribution is 0.101. The average Bonchev–Trinajstić information content (AvgIpc) is 2.70. The molecule has 1 aromatic carbocycles. The molecule has 1 amide bonds. The molecule has 0 bridgehead atoms. The summed E-state index contributed by atoms with van der Waals surface area (Å²) in [6.07, 6.45) is 1.58. The Morgan fingerprint density at radius 1 is 1.41 bits per heavy atom. The standard InChI is InChI=1S/C12H14N4O/c1-8-3-4-9(7-10(8)13)15-12(17)11-5-6-14-16(11)2/h3-7H,13H2,1-2H3,(H,15,17). The highest BCUT2D eigenvalue weighted by molar-refractivity contribution is 6.03. The Morgan fingerprint density at radius 2 is 2.18 bits per heavy atom. The van der Waals surface area contributed by atoms with Crippen molar-refractivity contribution in [3.8, 4) is 0 Å². The molecule has 17 heavy (non-hydrogen) atoms. The number of aromatic nitrogens is 2. The third kappa shape index (κ3) is 2.28. The van der Waals surface area contributed by atoms with Gasteiger partial charge < -0.3 is 11.1 Å². The molecular formula is C12H14N4O. The van der Waals surface area contributed by atoms with Crippen LogP contribution in [0.4, 0.5) is 11.4 Å². The lowest BCUT2D eigenvalue weighted by Gasteiger charge is -2.07. The van der Waals surface area contributed by atoms with Gasteiger partial charge >= 0.3 is 0 Å². The van der Waals surface area contributed by atoms with E-state index in [-0.39, 0.29) is 5.91 Å². The molecule has 0 saturated heterocycles. The molecule has 0 unspecified atom stereocenters. The fourth-order valence-corrected chi connectivity index (χ4v) is 1.51. The normalized spacial score (nSPS) is 10.2. The van der Waals surface area contributed by atoms with Crippen LogP contribution in [0.15, 0.2) is 30.5 Å². The molecule has 88 valence electrons. The van der Waals surface area contributed by atoms with Crippen molar-refractivity contribution in [2.24, 2.45) is 7.05 Å². The predicted molar refractivity (Wildman–Crippen MR) is 66.8 cm³/mol. The number of rotatable bonds is 2. The Bertz CT molecular complexity index is 559. The molecule has 5 nitrogen and oxygen atoms in total. The first kappa shape index (κ1) is 11.2. The van der Waals surface area contributed by atoms with Crippen LogP contribution in [0.1, 0.15) is 16.1 Å². The minimum atomic E-state index is -0.201. The number of carbonyl (C=O) groups excluding carboxylic acids is 1. The monoisotopic (exact) mass is 230 g/mol. The second kappa shape index (κ2) is 4.29. The van der Waals surface area contributed by atoms with Crippen LogP contribution in [0.2, 0.25) is 0 Å². The number of amides is 1. The SMILES string of the molecule is Cc1ccc(NC(=O)c2ccnn2C)cc1N. The minimum absolute atomic E-state index is 0.201. The second-order valence-corrected chi connectivity index (χ2v) is 3.87. The van der Waals surface area contributed by atoms with Crippen LogP contribution in [-0.4, -0.2) is 15.7 Å². The average molecular weight is 230 g/mol. The first-order valence-electron chi connectivity index (χ1n) is 5.23. The maximum atomic E-state index is 11.9. The van der Waals surface area contributed by atoms with Crippen LogP contribution >= 0.6 is 0 Å². The smallest absolute Gasteiger partial charge is 0.273 e. The van der Waals surface area contributed by atoms with Gasteiger partial charge in [-0.1, -0.05) is 6.07 Å². The van der Waals surface area contributed by atoms with Gasteiger partial charge in [0.2, 0.25) is 0 Å². The van der Waals surface area contributed by atoms with Crippen LogP contribution in [0.3, 0.4) is 0 Å². The summed E-state index contributed by atoms with van der Waals surface area (Å²) < 4.78 is 1.52. The Hall–Kier alpha value is -2.30. The quantitative estimate of drug-likeness (QED) is 0.769. The third-order valence-electron chi connectivity index (χ3n) is 2.59. The molecule has 1 heterocycles. The van der Waals surface area contributed by atoms with E-state index in [2.05, 4.69) is 10.4 Å². The van der Waals surface area contributed by atoms with E-state index in [0.717, 1.165) is 5.56 Å². The van der Waals surface area contributed by atoms with Gasteiger partial charge in [-0.05, 0) is 30.7 Å². The van der Waals surface area contributed by atoms with Crippen molar-refractivity contribution in [3.63, 3.8) is 0 Å². The Labute approximate surface area is 99.2 Å². The lowest BCUT2D eigenvalue weighted by Crippen LogP contribution is -2.16. The van der Waals surface area contributed by atoms with Gasteiger partial charge in [-0.3, -0.25) is 9.48 Å². The van der Waals surface area contributed by atoms with Crippen LogP contribution in [0.5, 0.6) is 0 Å². The number of hydrogen-bond acceptors (Lipinski definition) is 3. The molecule has 0 saturated carbocycles. The summed E-state index contributed by atoms with van der Waals surface area (Å²) in [5.41, 5.74) is 8.61. The zero-order valence-corrected chi connectivity index (χ0v) is 9.77. The number of nitrogens with one attached hydrogen (secondary N) is 1. The van der Waals surface area contributed by atoms with Crippen LogP contribution in [-0.2, 0) is 7.05 Å². The van der Waals surface area contributed by atoms with E-state index in [1.807, 2.05) is 19.1 Å². The van der Waals surface area contributed by atoms with Gasteiger partial charge in [0.1, 0.15) is 5.69 Å². The van der Waals surface area contributed by atoms with E-state index in [0.29, 0.717) is 17.1 Å². The number of benzene rings is 1. The number of carbonyl (C=O) groups is 1. The summed E-state index contributed by atoms with van der Waals surface area (Å²) in [7, 11) is 1.72. The maximum Gasteiger partial charge on any atom is 0.273 e. The van der Waals surface area contributed by atoms with Gasteiger partial charge in [0, 0.05) is 24.6 Å². The van der Waals surface area contributed by atoms with Gasteiger partial charge in [0.15, 0.2) is 0 Å². The number of hydrogen-bond donors (Lipinski definition) is 2. The molecule has 0 radical (unpaired) electrons. The molecule has 0 aliphatic carbocycles. The second-order valence-electron chi connectivity index (χ2n) is 3.87. The van der Waals surface area contributed by atoms with Crippen LogP contribution < -0.4 is 11.1 Å². The Balaban J connectivity index is 2.19. The lowest BCUT2D eigenvalue weighted by atomic mass is 10.2. The molecule has 0 fully saturated rings. The summed E-state index contributed by atoms with van der Waals surface area (Å²) in [6, 6.07) is 7.09. The predicted octanol–water partition coefficient (Wildman–Crippen LogP) is 1.56. The molecule has 0 atom stereocenters. The Morgan fingerprint density at radius 3 is 2.76 bits per heavy atom. The molecule has 3 N–H and O–H groups in total. The van der Waals surface area contributed by atoms with E-state index in [4.69, 9.17) is 5.73 Å². The molecule has 0 spiro atoms. The highest BCUT2D eigenvalue weighted by Gasteiger charge is 2.10. The first-order valence-corrected chi connectivity index (χ1v) is 5.23. The van der Waals surface area contributed by atoms with Crippen molar-refractivity contribution >= 4 is 17.3 Å². The number of nitrogens with two attached hydrogens (primary N) is 1. The van der Waals surface area contributed by atoms with Crippen molar-refractivity contribution in [2.45, 2.75) is 6.92 Å². The Kier molecular flexibility index (Phi) is 2.82. The first-order chi connectivity index (χ1) is 8.08. The van der Waals surface area contributed by atoms with Crippen molar-refractivity contribution in [3.05, 3.63) is 41.7 Å². The molecule has 2 rings (SSSR count). The van der Waals surface area contributed by atoms with Gasteiger partial charge in [-0.25, -0.2) is 0 Å². The van der Waals surface area contributed by atoms with Crippen LogP contribution in [0, 0.1) is 6.92 Å². The summed E-state index contributed by atoms with van der Waals surface area (Å²) >= 11 is 0. The number of nitrogen functional groups attached to an aromatic ring is 1. The summed E-state index contributed by atoms with van der Waals surface area (Å²) in [6.45, 7) is 1.92. The van der Waals surface area contributed by atoms with E-state index in [1.165, 1.54) is 4.68 Å². The van der Waals surface area contributed by atoms with Gasteiger partial charge in [-0.2, -0.15) is 5.10 Å². The minimum Gasteiger partial charge on any atom is -0.398 e. The van der Waals surface area contributed by atoms with E-state index in [1.54, 1.807) is 25.4 Å². The third-order valence-corrected chi connectivity index (χ3v) is 2.59. The zero-order valence-electron chi connectivity index (χ0n) is 9.77. The molecule has 1 aromatic heterocycles. The fraction of sp³-hybridized carbons (Fsp3) is 0.167. The highest BCUT2D eigenvalue weighted by Crippen LogP contribution is 2.17. The fourth-order valence-electron chi connectivity index (χ4n) is 1.51. The van der Waals surface area contributed by atoms with Crippen LogP contribution in [0.25, 0.3) is 0 Å². The molecule has 5 heteroatoms. The molecule has 0 aliphatic heterocycles. The molecular weight excluding hydrogens is 216 g/mol. The topological polar surface area (TPSA) is 72.9 Å². The van der Waals surface area contributed by atoms with Crippen molar-refractivity contribution in [2.75, 3.05) is 11.1 Å². The summed E-state index contributed by atoms with van der Waals surface area (Å²) in [4.78, 5) is 11.9. The van der Waals surface area contributed by atoms with E-state index in [9.17, 15) is 4.79 Å². The highest BCUT2D eigenvalue weighted by atomic mass is 16.2. The van der Waals surface area contributed by atoms with Gasteiger partial charge in [0.25, 0.3) is 5.91 Å². The molecule has 0 aliphatic rings.